The van der Waals surface area contributed by atoms with Crippen LogP contribution in [0, 0.1) is 6.92 Å². The van der Waals surface area contributed by atoms with Crippen molar-refractivity contribution in [2.24, 2.45) is 5.10 Å². The van der Waals surface area contributed by atoms with E-state index in [0.717, 1.165) is 12.0 Å². The largest absolute Gasteiger partial charge is 0.493 e. The van der Waals surface area contributed by atoms with E-state index in [1.807, 2.05) is 45.0 Å². The number of amides is 1. The first-order valence-corrected chi connectivity index (χ1v) is 12.1. The lowest BCUT2D eigenvalue weighted by Crippen LogP contribution is -2.17. The van der Waals surface area contributed by atoms with Gasteiger partial charge in [-0.25, -0.2) is 5.43 Å². The number of ether oxygens (including phenoxy) is 4. The van der Waals surface area contributed by atoms with Crippen molar-refractivity contribution in [2.75, 3.05) is 20.3 Å². The van der Waals surface area contributed by atoms with Crippen molar-refractivity contribution in [3.05, 3.63) is 81.9 Å². The molecule has 1 amide bonds. The molecule has 8 heteroatoms. The Morgan fingerprint density at radius 1 is 0.972 bits per heavy atom. The topological polar surface area (TPSA) is 78.4 Å². The minimum absolute atomic E-state index is 0.353. The monoisotopic (exact) mass is 510 g/mol. The highest BCUT2D eigenvalue weighted by molar-refractivity contribution is 6.32. The third-order valence-corrected chi connectivity index (χ3v) is 5.38. The lowest BCUT2D eigenvalue weighted by molar-refractivity contribution is 0.0954. The summed E-state index contributed by atoms with van der Waals surface area (Å²) in [4.78, 5) is 12.6. The molecule has 0 bridgehead atoms. The molecule has 3 aromatic rings. The van der Waals surface area contributed by atoms with Gasteiger partial charge in [0.25, 0.3) is 5.91 Å². The molecule has 0 aliphatic carbocycles. The molecule has 0 heterocycles. The fraction of sp³-hybridized carbons (Fsp3) is 0.286. The van der Waals surface area contributed by atoms with E-state index in [-0.39, 0.29) is 5.91 Å². The third-order valence-electron chi connectivity index (χ3n) is 5.10. The molecule has 0 saturated carbocycles. The van der Waals surface area contributed by atoms with Crippen LogP contribution in [-0.2, 0) is 6.61 Å². The van der Waals surface area contributed by atoms with Crippen molar-refractivity contribution in [2.45, 2.75) is 33.8 Å². The highest BCUT2D eigenvalue weighted by Gasteiger charge is 2.13. The number of hydrazone groups is 1. The van der Waals surface area contributed by atoms with Crippen LogP contribution in [0.25, 0.3) is 0 Å². The van der Waals surface area contributed by atoms with Gasteiger partial charge in [0.1, 0.15) is 6.61 Å². The van der Waals surface area contributed by atoms with Crippen LogP contribution in [0.15, 0.2) is 59.7 Å². The minimum Gasteiger partial charge on any atom is -0.493 e. The molecule has 7 nitrogen and oxygen atoms in total. The summed E-state index contributed by atoms with van der Waals surface area (Å²) in [6.45, 7) is 7.31. The molecule has 190 valence electrons. The Balaban J connectivity index is 1.67. The van der Waals surface area contributed by atoms with E-state index in [2.05, 4.69) is 10.5 Å². The number of benzene rings is 3. The van der Waals surface area contributed by atoms with E-state index >= 15 is 0 Å². The molecule has 3 rings (SSSR count). The number of hydrogen-bond acceptors (Lipinski definition) is 6. The summed E-state index contributed by atoms with van der Waals surface area (Å²) < 4.78 is 22.7. The lowest BCUT2D eigenvalue weighted by Gasteiger charge is -2.13. The summed E-state index contributed by atoms with van der Waals surface area (Å²) in [7, 11) is 1.54. The molecule has 0 aromatic heterocycles. The van der Waals surface area contributed by atoms with Crippen molar-refractivity contribution in [3.63, 3.8) is 0 Å². The second kappa shape index (κ2) is 13.4. The van der Waals surface area contributed by atoms with Crippen LogP contribution in [-0.4, -0.2) is 32.4 Å². The average molecular weight is 511 g/mol. The summed E-state index contributed by atoms with van der Waals surface area (Å²) in [5.41, 5.74) is 5.75. The molecule has 3 aromatic carbocycles. The van der Waals surface area contributed by atoms with Crippen LogP contribution < -0.4 is 24.4 Å². The van der Waals surface area contributed by atoms with Gasteiger partial charge >= 0.3 is 0 Å². The number of carbonyl (C=O) groups is 1. The van der Waals surface area contributed by atoms with Gasteiger partial charge in [-0.2, -0.15) is 5.10 Å². The normalized spacial score (nSPS) is 10.8. The van der Waals surface area contributed by atoms with Crippen molar-refractivity contribution >= 4 is 23.7 Å². The smallest absolute Gasteiger partial charge is 0.271 e. The quantitative estimate of drug-likeness (QED) is 0.232. The number of methoxy groups -OCH3 is 1. The number of rotatable bonds is 12. The SMILES string of the molecule is CCCOc1ccc(C(=O)N/N=C/c2cc(Cl)c(OCc3ccc(C)cc3)c(OC)c2)cc1OCC. The van der Waals surface area contributed by atoms with Crippen molar-refractivity contribution in [3.8, 4) is 23.0 Å². The van der Waals surface area contributed by atoms with Gasteiger partial charge in [-0.3, -0.25) is 4.79 Å². The van der Waals surface area contributed by atoms with Crippen molar-refractivity contribution < 1.29 is 23.7 Å². The van der Waals surface area contributed by atoms with Crippen LogP contribution in [0.3, 0.4) is 0 Å². The first kappa shape index (κ1) is 26.9. The van der Waals surface area contributed by atoms with E-state index in [1.165, 1.54) is 18.9 Å². The van der Waals surface area contributed by atoms with E-state index in [1.54, 1.807) is 30.3 Å². The molecule has 0 radical (unpaired) electrons. The standard InChI is InChI=1S/C28H31ClN2O5/c1-5-13-35-24-12-11-22(16-25(24)34-6-2)28(32)31-30-17-21-14-23(29)27(26(15-21)33-4)36-18-20-9-7-19(3)8-10-20/h7-12,14-17H,5-6,13,18H2,1-4H3,(H,31,32)/b30-17+. The predicted molar refractivity (Wildman–Crippen MR) is 142 cm³/mol. The Hall–Kier alpha value is -3.71. The van der Waals surface area contributed by atoms with E-state index in [0.29, 0.717) is 59.0 Å². The molecule has 0 unspecified atom stereocenters. The van der Waals surface area contributed by atoms with Gasteiger partial charge in [-0.1, -0.05) is 48.4 Å². The molecule has 0 aliphatic rings. The van der Waals surface area contributed by atoms with Crippen LogP contribution >= 0.6 is 11.6 Å². The fourth-order valence-electron chi connectivity index (χ4n) is 3.27. The number of halogens is 1. The Kier molecular flexibility index (Phi) is 10.0. The summed E-state index contributed by atoms with van der Waals surface area (Å²) in [5, 5.41) is 4.44. The predicted octanol–water partition coefficient (Wildman–Crippen LogP) is 6.19. The van der Waals surface area contributed by atoms with E-state index in [4.69, 9.17) is 30.5 Å². The van der Waals surface area contributed by atoms with Gasteiger partial charge in [-0.05, 0) is 61.7 Å². The number of hydrogen-bond donors (Lipinski definition) is 1. The molecule has 0 saturated heterocycles. The fourth-order valence-corrected chi connectivity index (χ4v) is 3.55. The minimum atomic E-state index is -0.384. The molecule has 1 N–H and O–H groups in total. The van der Waals surface area contributed by atoms with Gasteiger partial charge in [0, 0.05) is 5.56 Å². The Bertz CT molecular complexity index is 1200. The number of nitrogens with zero attached hydrogens (tertiary/aromatic N) is 1. The van der Waals surface area contributed by atoms with Gasteiger partial charge in [-0.15, -0.1) is 0 Å². The van der Waals surface area contributed by atoms with Crippen molar-refractivity contribution in [1.29, 1.82) is 0 Å². The molecule has 0 aliphatic heterocycles. The number of aryl methyl sites for hydroxylation is 1. The van der Waals surface area contributed by atoms with E-state index in [9.17, 15) is 4.79 Å². The molecular weight excluding hydrogens is 480 g/mol. The molecular formula is C28H31ClN2O5. The van der Waals surface area contributed by atoms with Crippen LogP contribution in [0.2, 0.25) is 5.02 Å². The first-order valence-electron chi connectivity index (χ1n) is 11.7. The zero-order valence-corrected chi connectivity index (χ0v) is 21.7. The second-order valence-corrected chi connectivity index (χ2v) is 8.36. The van der Waals surface area contributed by atoms with Gasteiger partial charge in [0.05, 0.1) is 31.6 Å². The molecule has 0 fully saturated rings. The maximum absolute atomic E-state index is 12.6. The van der Waals surface area contributed by atoms with Gasteiger partial charge in [0.2, 0.25) is 0 Å². The second-order valence-electron chi connectivity index (χ2n) is 7.95. The molecule has 36 heavy (non-hydrogen) atoms. The maximum Gasteiger partial charge on any atom is 0.271 e. The zero-order chi connectivity index (χ0) is 25.9. The van der Waals surface area contributed by atoms with Crippen LogP contribution in [0.1, 0.15) is 47.3 Å². The highest BCUT2D eigenvalue weighted by atomic mass is 35.5. The molecule has 0 atom stereocenters. The van der Waals surface area contributed by atoms with Crippen molar-refractivity contribution in [1.82, 2.24) is 5.43 Å². The number of nitrogens with one attached hydrogen (secondary N) is 1. The average Bonchev–Trinajstić information content (AvgIpc) is 2.88. The third kappa shape index (κ3) is 7.39. The zero-order valence-electron chi connectivity index (χ0n) is 21.0. The number of carbonyl (C=O) groups excluding carboxylic acids is 1. The van der Waals surface area contributed by atoms with Crippen LogP contribution in [0.5, 0.6) is 23.0 Å². The highest BCUT2D eigenvalue weighted by Crippen LogP contribution is 2.36. The summed E-state index contributed by atoms with van der Waals surface area (Å²) >= 11 is 6.46. The van der Waals surface area contributed by atoms with Crippen LogP contribution in [0.4, 0.5) is 0 Å². The van der Waals surface area contributed by atoms with Gasteiger partial charge < -0.3 is 18.9 Å². The Morgan fingerprint density at radius 3 is 2.44 bits per heavy atom. The Morgan fingerprint density at radius 2 is 1.75 bits per heavy atom. The first-order chi connectivity index (χ1) is 17.4. The summed E-state index contributed by atoms with van der Waals surface area (Å²) in [6, 6.07) is 16.5. The van der Waals surface area contributed by atoms with Gasteiger partial charge in [0.15, 0.2) is 23.0 Å². The van der Waals surface area contributed by atoms with E-state index < -0.39 is 0 Å². The summed E-state index contributed by atoms with van der Waals surface area (Å²) in [6.07, 6.45) is 2.36. The molecule has 0 spiro atoms. The Labute approximate surface area is 217 Å². The summed E-state index contributed by atoms with van der Waals surface area (Å²) in [5.74, 6) is 1.64. The lowest BCUT2D eigenvalue weighted by atomic mass is 10.1. The maximum atomic E-state index is 12.6.